The van der Waals surface area contributed by atoms with E-state index in [0.717, 1.165) is 11.3 Å². The number of amides is 1. The number of nitrogens with zero attached hydrogens (tertiary/aromatic N) is 4. The summed E-state index contributed by atoms with van der Waals surface area (Å²) in [5, 5.41) is 23.0. The molecular weight excluding hydrogens is 482 g/mol. The van der Waals surface area contributed by atoms with Crippen LogP contribution in [-0.2, 0) is 4.79 Å². The fourth-order valence-electron chi connectivity index (χ4n) is 3.44. The van der Waals surface area contributed by atoms with E-state index >= 15 is 0 Å². The summed E-state index contributed by atoms with van der Waals surface area (Å²) >= 11 is 1.22. The lowest BCUT2D eigenvalue weighted by atomic mass is 10.2. The van der Waals surface area contributed by atoms with Gasteiger partial charge in [-0.3, -0.25) is 19.5 Å². The Labute approximate surface area is 211 Å². The van der Waals surface area contributed by atoms with Gasteiger partial charge in [0.05, 0.1) is 30.6 Å². The van der Waals surface area contributed by atoms with Crippen LogP contribution < -0.4 is 14.8 Å². The number of nitro groups is 1. The quantitative estimate of drug-likeness (QED) is 0.194. The molecule has 36 heavy (non-hydrogen) atoms. The summed E-state index contributed by atoms with van der Waals surface area (Å²) in [4.78, 5) is 23.4. The molecule has 0 aliphatic heterocycles. The van der Waals surface area contributed by atoms with Crippen LogP contribution in [0.3, 0.4) is 0 Å². The number of hydrogen-bond donors (Lipinski definition) is 1. The smallest absolute Gasteiger partial charge is 0.269 e. The van der Waals surface area contributed by atoms with Crippen molar-refractivity contribution in [3.05, 3.63) is 82.4 Å². The maximum absolute atomic E-state index is 12.8. The van der Waals surface area contributed by atoms with Crippen LogP contribution in [0.2, 0.25) is 0 Å². The molecule has 0 saturated heterocycles. The highest BCUT2D eigenvalue weighted by atomic mass is 32.2. The molecule has 4 rings (SSSR count). The Hall–Kier alpha value is -4.38. The van der Waals surface area contributed by atoms with Crippen molar-refractivity contribution in [1.82, 2.24) is 14.8 Å². The molecule has 0 atom stereocenters. The van der Waals surface area contributed by atoms with Crippen molar-refractivity contribution in [1.29, 1.82) is 0 Å². The summed E-state index contributed by atoms with van der Waals surface area (Å²) < 4.78 is 12.4. The highest BCUT2D eigenvalue weighted by Crippen LogP contribution is 2.31. The molecule has 0 aliphatic carbocycles. The zero-order chi connectivity index (χ0) is 25.7. The predicted octanol–water partition coefficient (Wildman–Crippen LogP) is 4.90. The van der Waals surface area contributed by atoms with Gasteiger partial charge in [-0.05, 0) is 43.3 Å². The topological polar surface area (TPSA) is 121 Å². The summed E-state index contributed by atoms with van der Waals surface area (Å²) in [5.41, 5.74) is 3.03. The normalized spacial score (nSPS) is 10.6. The van der Waals surface area contributed by atoms with Gasteiger partial charge in [0.15, 0.2) is 11.0 Å². The number of ether oxygens (including phenoxy) is 2. The van der Waals surface area contributed by atoms with E-state index in [2.05, 4.69) is 15.5 Å². The first-order chi connectivity index (χ1) is 17.4. The molecule has 1 aromatic heterocycles. The van der Waals surface area contributed by atoms with Gasteiger partial charge in [0.2, 0.25) is 5.91 Å². The summed E-state index contributed by atoms with van der Waals surface area (Å²) in [6.45, 7) is 1.99. The van der Waals surface area contributed by atoms with Gasteiger partial charge in [-0.2, -0.15) is 0 Å². The van der Waals surface area contributed by atoms with Gasteiger partial charge in [0.25, 0.3) is 5.69 Å². The fourth-order valence-corrected chi connectivity index (χ4v) is 4.19. The number of aromatic nitrogens is 3. The van der Waals surface area contributed by atoms with Crippen molar-refractivity contribution in [2.45, 2.75) is 12.1 Å². The SMILES string of the molecule is COc1ccc(OC)c(NC(=O)CSc2nnc(-c3ccc([N+](=O)[O-])cc3)n2-c2ccc(C)cc2)c1. The molecule has 0 bridgehead atoms. The molecule has 0 saturated carbocycles. The van der Waals surface area contributed by atoms with E-state index in [-0.39, 0.29) is 17.3 Å². The second-order valence-corrected chi connectivity index (χ2v) is 8.63. The molecule has 184 valence electrons. The Morgan fingerprint density at radius 3 is 2.39 bits per heavy atom. The van der Waals surface area contributed by atoms with Crippen molar-refractivity contribution < 1.29 is 19.2 Å². The lowest BCUT2D eigenvalue weighted by molar-refractivity contribution is -0.384. The summed E-state index contributed by atoms with van der Waals surface area (Å²) in [6, 6.07) is 19.0. The Bertz CT molecular complexity index is 1390. The van der Waals surface area contributed by atoms with Gasteiger partial charge in [-0.25, -0.2) is 0 Å². The molecular formula is C25H23N5O5S. The number of benzene rings is 3. The lowest BCUT2D eigenvalue weighted by Gasteiger charge is -2.12. The minimum atomic E-state index is -0.453. The molecule has 0 unspecified atom stereocenters. The third kappa shape index (κ3) is 5.47. The molecule has 4 aromatic rings. The summed E-state index contributed by atoms with van der Waals surface area (Å²) in [5.74, 6) is 1.40. The van der Waals surface area contributed by atoms with E-state index < -0.39 is 4.92 Å². The highest BCUT2D eigenvalue weighted by molar-refractivity contribution is 7.99. The van der Waals surface area contributed by atoms with Gasteiger partial charge < -0.3 is 14.8 Å². The first kappa shape index (κ1) is 24.7. The van der Waals surface area contributed by atoms with Crippen LogP contribution >= 0.6 is 11.8 Å². The van der Waals surface area contributed by atoms with Crippen LogP contribution in [0.15, 0.2) is 71.9 Å². The minimum absolute atomic E-state index is 0.0145. The third-order valence-corrected chi connectivity index (χ3v) is 6.20. The van der Waals surface area contributed by atoms with E-state index in [9.17, 15) is 14.9 Å². The average molecular weight is 506 g/mol. The van der Waals surface area contributed by atoms with Gasteiger partial charge in [-0.1, -0.05) is 29.5 Å². The molecule has 0 fully saturated rings. The van der Waals surface area contributed by atoms with E-state index in [4.69, 9.17) is 9.47 Å². The molecule has 11 heteroatoms. The van der Waals surface area contributed by atoms with E-state index in [1.807, 2.05) is 35.8 Å². The van der Waals surface area contributed by atoms with Gasteiger partial charge in [0, 0.05) is 29.4 Å². The second kappa shape index (κ2) is 10.9. The Morgan fingerprint density at radius 2 is 1.75 bits per heavy atom. The summed E-state index contributed by atoms with van der Waals surface area (Å²) in [6.07, 6.45) is 0. The summed E-state index contributed by atoms with van der Waals surface area (Å²) in [7, 11) is 3.07. The number of nitro benzene ring substituents is 1. The molecule has 0 radical (unpaired) electrons. The number of carbonyl (C=O) groups is 1. The number of methoxy groups -OCH3 is 2. The van der Waals surface area contributed by atoms with Gasteiger partial charge >= 0.3 is 0 Å². The van der Waals surface area contributed by atoms with Crippen LogP contribution in [0, 0.1) is 17.0 Å². The van der Waals surface area contributed by atoms with Crippen molar-refractivity contribution in [2.24, 2.45) is 0 Å². The highest BCUT2D eigenvalue weighted by Gasteiger charge is 2.19. The third-order valence-electron chi connectivity index (χ3n) is 5.27. The fraction of sp³-hybridized carbons (Fsp3) is 0.160. The zero-order valence-corrected chi connectivity index (χ0v) is 20.6. The van der Waals surface area contributed by atoms with Crippen LogP contribution in [0.5, 0.6) is 11.5 Å². The van der Waals surface area contributed by atoms with Crippen LogP contribution in [0.4, 0.5) is 11.4 Å². The van der Waals surface area contributed by atoms with Gasteiger partial charge in [0.1, 0.15) is 11.5 Å². The molecule has 1 amide bonds. The maximum Gasteiger partial charge on any atom is 0.269 e. The van der Waals surface area contributed by atoms with Crippen molar-refractivity contribution in [3.8, 4) is 28.6 Å². The zero-order valence-electron chi connectivity index (χ0n) is 19.8. The van der Waals surface area contributed by atoms with Crippen LogP contribution in [-0.4, -0.2) is 45.6 Å². The molecule has 10 nitrogen and oxygen atoms in total. The van der Waals surface area contributed by atoms with E-state index in [1.54, 1.807) is 37.4 Å². The predicted molar refractivity (Wildman–Crippen MR) is 137 cm³/mol. The largest absolute Gasteiger partial charge is 0.497 e. The van der Waals surface area contributed by atoms with Crippen molar-refractivity contribution in [2.75, 3.05) is 25.3 Å². The first-order valence-corrected chi connectivity index (χ1v) is 11.8. The molecule has 1 N–H and O–H groups in total. The monoisotopic (exact) mass is 505 g/mol. The number of anilines is 1. The van der Waals surface area contributed by atoms with Gasteiger partial charge in [-0.15, -0.1) is 10.2 Å². The van der Waals surface area contributed by atoms with Crippen LogP contribution in [0.1, 0.15) is 5.56 Å². The van der Waals surface area contributed by atoms with Crippen LogP contribution in [0.25, 0.3) is 17.1 Å². The minimum Gasteiger partial charge on any atom is -0.497 e. The molecule has 0 spiro atoms. The number of nitrogens with one attached hydrogen (secondary N) is 1. The second-order valence-electron chi connectivity index (χ2n) is 7.68. The number of hydrogen-bond acceptors (Lipinski definition) is 8. The standard InChI is InChI=1S/C25H23N5O5S/c1-16-4-8-18(9-5-16)29-24(17-6-10-19(11-7-17)30(32)33)27-28-25(29)36-15-23(31)26-21-14-20(34-2)12-13-22(21)35-3/h4-14H,15H2,1-3H3,(H,26,31). The Kier molecular flexibility index (Phi) is 7.50. The first-order valence-electron chi connectivity index (χ1n) is 10.8. The number of carbonyl (C=O) groups excluding carboxylic acids is 1. The number of aryl methyl sites for hydroxylation is 1. The molecule has 3 aromatic carbocycles. The number of non-ortho nitro benzene ring substituents is 1. The maximum atomic E-state index is 12.8. The van der Waals surface area contributed by atoms with Crippen molar-refractivity contribution >= 4 is 29.0 Å². The Balaban J connectivity index is 1.60. The average Bonchev–Trinajstić information content (AvgIpc) is 3.31. The molecule has 0 aliphatic rings. The van der Waals surface area contributed by atoms with Crippen molar-refractivity contribution in [3.63, 3.8) is 0 Å². The molecule has 1 heterocycles. The number of rotatable bonds is 9. The van der Waals surface area contributed by atoms with E-state index in [1.165, 1.54) is 31.0 Å². The lowest BCUT2D eigenvalue weighted by Crippen LogP contribution is -2.15. The Morgan fingerprint density at radius 1 is 1.03 bits per heavy atom. The number of thioether (sulfide) groups is 1. The van der Waals surface area contributed by atoms with E-state index in [0.29, 0.717) is 33.7 Å².